The van der Waals surface area contributed by atoms with Crippen molar-refractivity contribution in [2.45, 2.75) is 33.2 Å². The molecule has 0 fully saturated rings. The molecule has 0 aliphatic heterocycles. The molecule has 0 radical (unpaired) electrons. The summed E-state index contributed by atoms with van der Waals surface area (Å²) in [5.74, 6) is -0.0502. The number of carbonyl (C=O) groups excluding carboxylic acids is 2. The minimum Gasteiger partial charge on any atom is -0.354 e. The molecule has 0 saturated heterocycles. The fourth-order valence-corrected chi connectivity index (χ4v) is 3.29. The van der Waals surface area contributed by atoms with Crippen LogP contribution in [-0.4, -0.2) is 32.6 Å². The molecule has 0 atom stereocenters. The predicted molar refractivity (Wildman–Crippen MR) is 101 cm³/mol. The average molecular weight is 352 g/mol. The Kier molecular flexibility index (Phi) is 5.21. The topological polar surface area (TPSA) is 68.9 Å². The van der Waals surface area contributed by atoms with Crippen molar-refractivity contribution in [1.82, 2.24) is 19.7 Å². The van der Waals surface area contributed by atoms with Crippen molar-refractivity contribution >= 4 is 22.6 Å². The Bertz CT molecular complexity index is 952. The van der Waals surface area contributed by atoms with Gasteiger partial charge in [0.25, 0.3) is 0 Å². The number of fused-ring (bicyclic) bond motifs is 1. The van der Waals surface area contributed by atoms with Gasteiger partial charge in [0.2, 0.25) is 5.91 Å². The zero-order valence-electron chi connectivity index (χ0n) is 15.5. The number of nitrogens with one attached hydrogen (secondary N) is 1. The van der Waals surface area contributed by atoms with E-state index in [9.17, 15) is 9.59 Å². The van der Waals surface area contributed by atoms with Crippen LogP contribution in [0.1, 0.15) is 35.3 Å². The van der Waals surface area contributed by atoms with Crippen LogP contribution in [0.25, 0.3) is 10.9 Å². The van der Waals surface area contributed by atoms with Crippen molar-refractivity contribution in [1.29, 1.82) is 0 Å². The lowest BCUT2D eigenvalue weighted by atomic mass is 10.1. The third kappa shape index (κ3) is 3.69. The monoisotopic (exact) mass is 352 g/mol. The summed E-state index contributed by atoms with van der Waals surface area (Å²) in [6.45, 7) is 4.40. The van der Waals surface area contributed by atoms with E-state index in [2.05, 4.69) is 17.3 Å². The first-order valence-corrected chi connectivity index (χ1v) is 8.85. The van der Waals surface area contributed by atoms with Crippen LogP contribution in [0, 0.1) is 0 Å². The molecule has 136 valence electrons. The molecule has 1 aromatic carbocycles. The fraction of sp³-hybridized carbons (Fsp3) is 0.350. The molecule has 3 aromatic rings. The van der Waals surface area contributed by atoms with Crippen LogP contribution in [0.3, 0.4) is 0 Å². The number of rotatable bonds is 7. The van der Waals surface area contributed by atoms with Crippen molar-refractivity contribution in [2.24, 2.45) is 7.05 Å². The van der Waals surface area contributed by atoms with Gasteiger partial charge in [-0.2, -0.15) is 5.10 Å². The second-order valence-electron chi connectivity index (χ2n) is 6.52. The number of hydrogen-bond acceptors (Lipinski definition) is 3. The summed E-state index contributed by atoms with van der Waals surface area (Å²) in [4.78, 5) is 24.4. The molecule has 0 aliphatic carbocycles. The van der Waals surface area contributed by atoms with Crippen LogP contribution in [-0.2, 0) is 31.2 Å². The summed E-state index contributed by atoms with van der Waals surface area (Å²) in [6.07, 6.45) is 7.13. The molecule has 1 amide bonds. The molecule has 1 N–H and O–H groups in total. The highest BCUT2D eigenvalue weighted by atomic mass is 16.2. The Hall–Kier alpha value is -2.89. The van der Waals surface area contributed by atoms with E-state index in [-0.39, 0.29) is 18.2 Å². The number of Topliss-reactive ketones (excluding diaryl/α,β-unsaturated/α-hetero) is 1. The fourth-order valence-electron chi connectivity index (χ4n) is 3.29. The van der Waals surface area contributed by atoms with Crippen molar-refractivity contribution in [3.05, 3.63) is 53.5 Å². The maximum Gasteiger partial charge on any atom is 0.239 e. The number of nitrogens with zero attached hydrogens (tertiary/aromatic N) is 3. The lowest BCUT2D eigenvalue weighted by Crippen LogP contribution is -2.29. The van der Waals surface area contributed by atoms with E-state index in [1.54, 1.807) is 24.0 Å². The number of carbonyl (C=O) groups is 2. The maximum absolute atomic E-state index is 12.4. The number of aromatic nitrogens is 3. The number of benzene rings is 1. The van der Waals surface area contributed by atoms with Gasteiger partial charge in [-0.05, 0) is 30.9 Å². The second kappa shape index (κ2) is 7.56. The molecule has 3 rings (SSSR count). The van der Waals surface area contributed by atoms with Gasteiger partial charge in [0.05, 0.1) is 11.7 Å². The van der Waals surface area contributed by atoms with Gasteiger partial charge in [-0.15, -0.1) is 0 Å². The Morgan fingerprint density at radius 2 is 2.04 bits per heavy atom. The largest absolute Gasteiger partial charge is 0.354 e. The normalized spacial score (nSPS) is 11.0. The van der Waals surface area contributed by atoms with Gasteiger partial charge in [-0.25, -0.2) is 0 Å². The van der Waals surface area contributed by atoms with Gasteiger partial charge in [0.15, 0.2) is 5.78 Å². The lowest BCUT2D eigenvalue weighted by Gasteiger charge is -2.09. The Labute approximate surface area is 152 Å². The van der Waals surface area contributed by atoms with E-state index in [1.807, 2.05) is 36.0 Å². The first kappa shape index (κ1) is 17.9. The van der Waals surface area contributed by atoms with Crippen molar-refractivity contribution in [2.75, 3.05) is 6.54 Å². The van der Waals surface area contributed by atoms with Gasteiger partial charge in [-0.3, -0.25) is 14.3 Å². The zero-order valence-corrected chi connectivity index (χ0v) is 15.5. The zero-order chi connectivity index (χ0) is 18.7. The third-order valence-corrected chi connectivity index (χ3v) is 4.55. The van der Waals surface area contributed by atoms with E-state index in [1.165, 1.54) is 0 Å². The standard InChI is InChI=1S/C20H24N4O2/c1-4-16-6-5-7-17-18(14(2)25)12-24(20(16)17)13-19(26)21-9-8-15-10-22-23(3)11-15/h5-7,10-12H,4,8-9,13H2,1-3H3,(H,21,26). The van der Waals surface area contributed by atoms with Gasteiger partial charge in [-0.1, -0.05) is 25.1 Å². The molecular formula is C20H24N4O2. The first-order valence-electron chi connectivity index (χ1n) is 8.85. The first-order chi connectivity index (χ1) is 12.5. The van der Waals surface area contributed by atoms with E-state index >= 15 is 0 Å². The van der Waals surface area contributed by atoms with E-state index < -0.39 is 0 Å². The van der Waals surface area contributed by atoms with E-state index in [0.29, 0.717) is 12.1 Å². The van der Waals surface area contributed by atoms with Crippen molar-refractivity contribution < 1.29 is 9.59 Å². The number of amides is 1. The molecule has 2 aromatic heterocycles. The Morgan fingerprint density at radius 3 is 2.69 bits per heavy atom. The minimum absolute atomic E-state index is 0.0130. The maximum atomic E-state index is 12.4. The highest BCUT2D eigenvalue weighted by Crippen LogP contribution is 2.25. The summed E-state index contributed by atoms with van der Waals surface area (Å²) < 4.78 is 3.64. The van der Waals surface area contributed by atoms with E-state index in [4.69, 9.17) is 0 Å². The molecule has 6 heteroatoms. The predicted octanol–water partition coefficient (Wildman–Crippen LogP) is 2.50. The summed E-state index contributed by atoms with van der Waals surface area (Å²) in [5, 5.41) is 7.99. The molecule has 0 spiro atoms. The summed E-state index contributed by atoms with van der Waals surface area (Å²) in [5.41, 5.74) is 3.87. The average Bonchev–Trinajstić information content (AvgIpc) is 3.18. The van der Waals surface area contributed by atoms with Gasteiger partial charge < -0.3 is 9.88 Å². The smallest absolute Gasteiger partial charge is 0.239 e. The van der Waals surface area contributed by atoms with Crippen LogP contribution in [0.5, 0.6) is 0 Å². The highest BCUT2D eigenvalue weighted by molar-refractivity contribution is 6.07. The Balaban J connectivity index is 1.75. The minimum atomic E-state index is -0.0631. The van der Waals surface area contributed by atoms with Crippen molar-refractivity contribution in [3.63, 3.8) is 0 Å². The SMILES string of the molecule is CCc1cccc2c(C(C)=O)cn(CC(=O)NCCc3cnn(C)c3)c12. The van der Waals surface area contributed by atoms with Gasteiger partial charge in [0, 0.05) is 36.9 Å². The molecule has 0 unspecified atom stereocenters. The van der Waals surface area contributed by atoms with Crippen molar-refractivity contribution in [3.8, 4) is 0 Å². The van der Waals surface area contributed by atoms with Crippen LogP contribution in [0.2, 0.25) is 0 Å². The van der Waals surface area contributed by atoms with Crippen LogP contribution in [0.15, 0.2) is 36.8 Å². The molecule has 26 heavy (non-hydrogen) atoms. The van der Waals surface area contributed by atoms with Crippen LogP contribution < -0.4 is 5.32 Å². The van der Waals surface area contributed by atoms with Gasteiger partial charge >= 0.3 is 0 Å². The lowest BCUT2D eigenvalue weighted by molar-refractivity contribution is -0.121. The van der Waals surface area contributed by atoms with Gasteiger partial charge in [0.1, 0.15) is 6.54 Å². The summed E-state index contributed by atoms with van der Waals surface area (Å²) >= 11 is 0. The third-order valence-electron chi connectivity index (χ3n) is 4.55. The molecular weight excluding hydrogens is 328 g/mol. The number of para-hydroxylation sites is 1. The molecule has 0 aliphatic rings. The van der Waals surface area contributed by atoms with Crippen LogP contribution >= 0.6 is 0 Å². The Morgan fingerprint density at radius 1 is 1.23 bits per heavy atom. The summed E-state index contributed by atoms with van der Waals surface area (Å²) in [7, 11) is 1.87. The second-order valence-corrected chi connectivity index (χ2v) is 6.52. The number of aryl methyl sites for hydroxylation is 2. The molecule has 0 saturated carbocycles. The molecule has 2 heterocycles. The van der Waals surface area contributed by atoms with E-state index in [0.717, 1.165) is 34.9 Å². The highest BCUT2D eigenvalue weighted by Gasteiger charge is 2.16. The number of hydrogen-bond donors (Lipinski definition) is 1. The number of ketones is 1. The molecule has 0 bridgehead atoms. The quantitative estimate of drug-likeness (QED) is 0.664. The molecule has 6 nitrogen and oxygen atoms in total. The summed E-state index contributed by atoms with van der Waals surface area (Å²) in [6, 6.07) is 5.96. The van der Waals surface area contributed by atoms with Crippen LogP contribution in [0.4, 0.5) is 0 Å².